The molecule has 0 unspecified atom stereocenters. The Balaban J connectivity index is 2.12. The number of rotatable bonds is 4. The van der Waals surface area contributed by atoms with Crippen LogP contribution in [0.2, 0.25) is 0 Å². The van der Waals surface area contributed by atoms with E-state index in [-0.39, 0.29) is 0 Å². The average Bonchev–Trinajstić information content (AvgIpc) is 2.39. The van der Waals surface area contributed by atoms with Crippen LogP contribution in [-0.2, 0) is 6.61 Å². The number of hydrogen-bond donors (Lipinski definition) is 0. The molecule has 0 radical (unpaired) electrons. The SMILES string of the molecule is O=Cc1cccc(OCc2ccccc2)c1I. The molecule has 0 saturated heterocycles. The summed E-state index contributed by atoms with van der Waals surface area (Å²) in [5, 5.41) is 0. The zero-order valence-electron chi connectivity index (χ0n) is 9.10. The Morgan fingerprint density at radius 3 is 2.53 bits per heavy atom. The van der Waals surface area contributed by atoms with Crippen LogP contribution >= 0.6 is 22.6 Å². The normalized spacial score (nSPS) is 9.94. The predicted octanol–water partition coefficient (Wildman–Crippen LogP) is 3.68. The molecule has 0 fully saturated rings. The molecule has 2 aromatic carbocycles. The zero-order chi connectivity index (χ0) is 12.1. The van der Waals surface area contributed by atoms with E-state index in [2.05, 4.69) is 22.6 Å². The molecule has 86 valence electrons. The van der Waals surface area contributed by atoms with Gasteiger partial charge in [-0.15, -0.1) is 0 Å². The summed E-state index contributed by atoms with van der Waals surface area (Å²) >= 11 is 2.13. The summed E-state index contributed by atoms with van der Waals surface area (Å²) in [7, 11) is 0. The van der Waals surface area contributed by atoms with Crippen molar-refractivity contribution in [1.82, 2.24) is 0 Å². The summed E-state index contributed by atoms with van der Waals surface area (Å²) in [6.45, 7) is 0.513. The van der Waals surface area contributed by atoms with E-state index in [1.54, 1.807) is 6.07 Å². The largest absolute Gasteiger partial charge is 0.488 e. The predicted molar refractivity (Wildman–Crippen MR) is 75.3 cm³/mol. The van der Waals surface area contributed by atoms with E-state index in [0.717, 1.165) is 21.2 Å². The van der Waals surface area contributed by atoms with E-state index in [0.29, 0.717) is 12.2 Å². The molecular weight excluding hydrogens is 327 g/mol. The van der Waals surface area contributed by atoms with E-state index in [4.69, 9.17) is 4.74 Å². The molecule has 3 heteroatoms. The maximum Gasteiger partial charge on any atom is 0.151 e. The van der Waals surface area contributed by atoms with Gasteiger partial charge in [0.05, 0.1) is 3.57 Å². The third-order valence-electron chi connectivity index (χ3n) is 2.36. The fraction of sp³-hybridized carbons (Fsp3) is 0.0714. The molecule has 0 N–H and O–H groups in total. The highest BCUT2D eigenvalue weighted by Crippen LogP contribution is 2.24. The van der Waals surface area contributed by atoms with E-state index in [1.807, 2.05) is 42.5 Å². The zero-order valence-corrected chi connectivity index (χ0v) is 11.3. The second-order valence-electron chi connectivity index (χ2n) is 3.55. The Hall–Kier alpha value is -1.36. The molecule has 0 bridgehead atoms. The number of aldehydes is 1. The van der Waals surface area contributed by atoms with Gasteiger partial charge in [0.2, 0.25) is 0 Å². The molecular formula is C14H11IO2. The minimum Gasteiger partial charge on any atom is -0.488 e. The van der Waals surface area contributed by atoms with Crippen LogP contribution in [0.4, 0.5) is 0 Å². The minimum atomic E-state index is 0.513. The second kappa shape index (κ2) is 5.82. The van der Waals surface area contributed by atoms with Crippen molar-refractivity contribution >= 4 is 28.9 Å². The molecule has 0 aliphatic carbocycles. The standard InChI is InChI=1S/C14H11IO2/c15-14-12(9-16)7-4-8-13(14)17-10-11-5-2-1-3-6-11/h1-9H,10H2. The Morgan fingerprint density at radius 1 is 1.06 bits per heavy atom. The molecule has 2 rings (SSSR count). The van der Waals surface area contributed by atoms with E-state index in [9.17, 15) is 4.79 Å². The third-order valence-corrected chi connectivity index (χ3v) is 3.51. The van der Waals surface area contributed by atoms with Gasteiger partial charge >= 0.3 is 0 Å². The highest BCUT2D eigenvalue weighted by molar-refractivity contribution is 14.1. The van der Waals surface area contributed by atoms with Crippen molar-refractivity contribution in [1.29, 1.82) is 0 Å². The molecule has 0 aliphatic heterocycles. The first-order valence-electron chi connectivity index (χ1n) is 5.21. The summed E-state index contributed by atoms with van der Waals surface area (Å²) in [5.41, 5.74) is 1.77. The average molecular weight is 338 g/mol. The quantitative estimate of drug-likeness (QED) is 0.628. The highest BCUT2D eigenvalue weighted by atomic mass is 127. The summed E-state index contributed by atoms with van der Waals surface area (Å²) in [4.78, 5) is 10.8. The van der Waals surface area contributed by atoms with Gasteiger partial charge in [0.25, 0.3) is 0 Å². The first-order valence-corrected chi connectivity index (χ1v) is 6.29. The van der Waals surface area contributed by atoms with Gasteiger partial charge in [-0.25, -0.2) is 0 Å². The van der Waals surface area contributed by atoms with Crippen LogP contribution in [0.5, 0.6) is 5.75 Å². The van der Waals surface area contributed by atoms with Crippen LogP contribution in [0.15, 0.2) is 48.5 Å². The lowest BCUT2D eigenvalue weighted by atomic mass is 10.2. The summed E-state index contributed by atoms with van der Waals surface area (Å²) in [5.74, 6) is 0.749. The van der Waals surface area contributed by atoms with Crippen molar-refractivity contribution < 1.29 is 9.53 Å². The molecule has 2 aromatic rings. The van der Waals surface area contributed by atoms with Gasteiger partial charge in [-0.1, -0.05) is 42.5 Å². The van der Waals surface area contributed by atoms with Crippen LogP contribution in [0.25, 0.3) is 0 Å². The Morgan fingerprint density at radius 2 is 1.82 bits per heavy atom. The van der Waals surface area contributed by atoms with Crippen LogP contribution in [0, 0.1) is 3.57 Å². The molecule has 17 heavy (non-hydrogen) atoms. The van der Waals surface area contributed by atoms with Crippen molar-refractivity contribution in [2.45, 2.75) is 6.61 Å². The van der Waals surface area contributed by atoms with Gasteiger partial charge in [-0.2, -0.15) is 0 Å². The molecule has 0 heterocycles. The summed E-state index contributed by atoms with van der Waals surface area (Å²) < 4.78 is 6.56. The lowest BCUT2D eigenvalue weighted by Crippen LogP contribution is -1.98. The topological polar surface area (TPSA) is 26.3 Å². The van der Waals surface area contributed by atoms with E-state index < -0.39 is 0 Å². The van der Waals surface area contributed by atoms with Crippen molar-refractivity contribution in [3.63, 3.8) is 0 Å². The van der Waals surface area contributed by atoms with Gasteiger partial charge in [-0.05, 0) is 34.2 Å². The van der Waals surface area contributed by atoms with Crippen LogP contribution in [0.1, 0.15) is 15.9 Å². The van der Waals surface area contributed by atoms with Crippen LogP contribution in [-0.4, -0.2) is 6.29 Å². The Bertz CT molecular complexity index is 509. The smallest absolute Gasteiger partial charge is 0.151 e. The van der Waals surface area contributed by atoms with Gasteiger partial charge in [0.15, 0.2) is 6.29 Å². The van der Waals surface area contributed by atoms with Crippen LogP contribution in [0.3, 0.4) is 0 Å². The molecule has 0 saturated carbocycles. The highest BCUT2D eigenvalue weighted by Gasteiger charge is 2.05. The van der Waals surface area contributed by atoms with Gasteiger partial charge in [-0.3, -0.25) is 4.79 Å². The van der Waals surface area contributed by atoms with Gasteiger partial charge < -0.3 is 4.74 Å². The molecule has 0 atom stereocenters. The summed E-state index contributed by atoms with van der Waals surface area (Å²) in [6.07, 6.45) is 0.844. The van der Waals surface area contributed by atoms with Gasteiger partial charge in [0.1, 0.15) is 12.4 Å². The lowest BCUT2D eigenvalue weighted by Gasteiger charge is -2.09. The lowest BCUT2D eigenvalue weighted by molar-refractivity contribution is 0.112. The molecule has 0 aliphatic rings. The van der Waals surface area contributed by atoms with Crippen LogP contribution < -0.4 is 4.74 Å². The fourth-order valence-corrected chi connectivity index (χ4v) is 2.11. The Labute approximate surface area is 114 Å². The monoisotopic (exact) mass is 338 g/mol. The molecule has 0 amide bonds. The molecule has 0 spiro atoms. The second-order valence-corrected chi connectivity index (χ2v) is 4.63. The Kier molecular flexibility index (Phi) is 4.14. The first kappa shape index (κ1) is 12.1. The number of benzene rings is 2. The van der Waals surface area contributed by atoms with Crippen molar-refractivity contribution in [3.8, 4) is 5.75 Å². The number of halogens is 1. The van der Waals surface area contributed by atoms with E-state index >= 15 is 0 Å². The fourth-order valence-electron chi connectivity index (χ4n) is 1.47. The minimum absolute atomic E-state index is 0.513. The van der Waals surface area contributed by atoms with Crippen molar-refractivity contribution in [2.24, 2.45) is 0 Å². The third kappa shape index (κ3) is 3.06. The maximum atomic E-state index is 10.8. The number of carbonyl (C=O) groups is 1. The number of carbonyl (C=O) groups excluding carboxylic acids is 1. The van der Waals surface area contributed by atoms with Crippen molar-refractivity contribution in [2.75, 3.05) is 0 Å². The van der Waals surface area contributed by atoms with Crippen molar-refractivity contribution in [3.05, 3.63) is 63.2 Å². The van der Waals surface area contributed by atoms with E-state index in [1.165, 1.54) is 0 Å². The molecule has 2 nitrogen and oxygen atoms in total. The first-order chi connectivity index (χ1) is 8.31. The van der Waals surface area contributed by atoms with Gasteiger partial charge in [0, 0.05) is 5.56 Å². The maximum absolute atomic E-state index is 10.8. The molecule has 0 aromatic heterocycles. The number of ether oxygens (including phenoxy) is 1. The summed E-state index contributed by atoms with van der Waals surface area (Å²) in [6, 6.07) is 15.4. The number of hydrogen-bond acceptors (Lipinski definition) is 2.